The summed E-state index contributed by atoms with van der Waals surface area (Å²) in [5.74, 6) is -0.426. The summed E-state index contributed by atoms with van der Waals surface area (Å²) in [6.07, 6.45) is 3.70. The smallest absolute Gasteiger partial charge is 0.139 e. The van der Waals surface area contributed by atoms with Crippen molar-refractivity contribution in [3.05, 3.63) is 71.3 Å². The second-order valence-corrected chi connectivity index (χ2v) is 9.54. The molecular formula is C23H28F2N+. The molecule has 1 nitrogen and oxygen atoms in total. The Labute approximate surface area is 155 Å². The summed E-state index contributed by atoms with van der Waals surface area (Å²) < 4.78 is 27.0. The lowest BCUT2D eigenvalue weighted by Crippen LogP contribution is -3.14. The third-order valence-electron chi connectivity index (χ3n) is 6.38. The Kier molecular flexibility index (Phi) is 4.18. The van der Waals surface area contributed by atoms with Gasteiger partial charge in [0, 0.05) is 29.4 Å². The van der Waals surface area contributed by atoms with Gasteiger partial charge in [0.05, 0.1) is 12.6 Å². The van der Waals surface area contributed by atoms with E-state index in [0.29, 0.717) is 16.9 Å². The molecule has 2 fully saturated rings. The fourth-order valence-corrected chi connectivity index (χ4v) is 5.94. The first kappa shape index (κ1) is 17.7. The van der Waals surface area contributed by atoms with Crippen LogP contribution in [0.2, 0.25) is 0 Å². The number of fused-ring (bicyclic) bond motifs is 2. The molecule has 1 saturated carbocycles. The van der Waals surface area contributed by atoms with Crippen molar-refractivity contribution in [1.29, 1.82) is 0 Å². The quantitative estimate of drug-likeness (QED) is 0.824. The lowest BCUT2D eigenvalue weighted by molar-refractivity contribution is -0.939. The maximum atomic E-state index is 13.5. The number of rotatable bonds is 3. The van der Waals surface area contributed by atoms with E-state index in [1.165, 1.54) is 19.3 Å². The molecule has 2 aromatic carbocycles. The maximum absolute atomic E-state index is 13.5. The third kappa shape index (κ3) is 3.29. The molecule has 1 N–H and O–H groups in total. The standard InChI is InChI=1S/C23H27F2N/c1-22(2)12-20-13-23(3,14-22)15-26(20)21(16-4-8-18(24)9-5-16)17-6-10-19(25)11-7-17/h4-11,20-21H,12-15H2,1-3H3/p+1/t20-,23-/m0/s1. The molecule has 1 aliphatic carbocycles. The van der Waals surface area contributed by atoms with Crippen LogP contribution in [0.15, 0.2) is 48.5 Å². The Morgan fingerprint density at radius 1 is 0.846 bits per heavy atom. The van der Waals surface area contributed by atoms with Crippen LogP contribution < -0.4 is 4.90 Å². The molecule has 1 saturated heterocycles. The molecule has 0 amide bonds. The van der Waals surface area contributed by atoms with E-state index in [0.717, 1.165) is 17.7 Å². The number of likely N-dealkylation sites (tertiary alicyclic amines) is 1. The zero-order valence-corrected chi connectivity index (χ0v) is 15.9. The molecule has 2 bridgehead atoms. The summed E-state index contributed by atoms with van der Waals surface area (Å²) in [5.41, 5.74) is 2.93. The molecule has 1 unspecified atom stereocenters. The average molecular weight is 356 g/mol. The summed E-state index contributed by atoms with van der Waals surface area (Å²) in [6, 6.07) is 14.5. The minimum Gasteiger partial charge on any atom is -0.322 e. The minimum atomic E-state index is -0.213. The number of halogens is 2. The van der Waals surface area contributed by atoms with E-state index < -0.39 is 0 Å². The molecule has 3 atom stereocenters. The fraction of sp³-hybridized carbons (Fsp3) is 0.478. The van der Waals surface area contributed by atoms with Crippen molar-refractivity contribution in [1.82, 2.24) is 0 Å². The topological polar surface area (TPSA) is 4.44 Å². The van der Waals surface area contributed by atoms with Crippen LogP contribution in [-0.2, 0) is 0 Å². The first-order chi connectivity index (χ1) is 12.2. The van der Waals surface area contributed by atoms with E-state index in [1.807, 2.05) is 24.3 Å². The van der Waals surface area contributed by atoms with Crippen molar-refractivity contribution < 1.29 is 13.7 Å². The van der Waals surface area contributed by atoms with Crippen molar-refractivity contribution in [2.75, 3.05) is 6.54 Å². The highest BCUT2D eigenvalue weighted by Gasteiger charge is 2.54. The van der Waals surface area contributed by atoms with E-state index in [4.69, 9.17) is 0 Å². The molecule has 2 aromatic rings. The van der Waals surface area contributed by atoms with E-state index in [9.17, 15) is 8.78 Å². The van der Waals surface area contributed by atoms with Gasteiger partial charge in [-0.3, -0.25) is 0 Å². The van der Waals surface area contributed by atoms with Gasteiger partial charge in [0.1, 0.15) is 17.7 Å². The molecule has 26 heavy (non-hydrogen) atoms. The van der Waals surface area contributed by atoms with Crippen molar-refractivity contribution >= 4 is 0 Å². The molecule has 2 aliphatic rings. The molecule has 4 rings (SSSR count). The van der Waals surface area contributed by atoms with Gasteiger partial charge in [0.25, 0.3) is 0 Å². The number of benzene rings is 2. The second-order valence-electron chi connectivity index (χ2n) is 9.54. The fourth-order valence-electron chi connectivity index (χ4n) is 5.94. The zero-order valence-electron chi connectivity index (χ0n) is 15.9. The Morgan fingerprint density at radius 2 is 1.35 bits per heavy atom. The molecule has 0 aromatic heterocycles. The molecule has 1 heterocycles. The van der Waals surface area contributed by atoms with Crippen LogP contribution in [0.25, 0.3) is 0 Å². The lowest BCUT2D eigenvalue weighted by Gasteiger charge is -2.38. The molecule has 1 aliphatic heterocycles. The van der Waals surface area contributed by atoms with Crippen molar-refractivity contribution in [3.8, 4) is 0 Å². The highest BCUT2D eigenvalue weighted by Crippen LogP contribution is 2.48. The lowest BCUT2D eigenvalue weighted by atomic mass is 9.65. The van der Waals surface area contributed by atoms with Gasteiger partial charge in [-0.1, -0.05) is 20.8 Å². The third-order valence-corrected chi connectivity index (χ3v) is 6.38. The zero-order chi connectivity index (χ0) is 18.5. The number of nitrogens with one attached hydrogen (secondary N) is 1. The summed E-state index contributed by atoms with van der Waals surface area (Å²) in [7, 11) is 0. The first-order valence-electron chi connectivity index (χ1n) is 9.61. The van der Waals surface area contributed by atoms with Crippen LogP contribution in [0.3, 0.4) is 0 Å². The van der Waals surface area contributed by atoms with Crippen LogP contribution >= 0.6 is 0 Å². The minimum absolute atomic E-state index is 0.122. The number of hydrogen-bond acceptors (Lipinski definition) is 0. The van der Waals surface area contributed by atoms with Gasteiger partial charge >= 0.3 is 0 Å². The Balaban J connectivity index is 1.76. The van der Waals surface area contributed by atoms with Gasteiger partial charge in [-0.05, 0) is 60.4 Å². The molecular weight excluding hydrogens is 328 g/mol. The van der Waals surface area contributed by atoms with Crippen LogP contribution in [-0.4, -0.2) is 12.6 Å². The van der Waals surface area contributed by atoms with E-state index in [2.05, 4.69) is 20.8 Å². The average Bonchev–Trinajstić information content (AvgIpc) is 2.80. The first-order valence-corrected chi connectivity index (χ1v) is 9.61. The van der Waals surface area contributed by atoms with Gasteiger partial charge in [0.2, 0.25) is 0 Å². The summed E-state index contributed by atoms with van der Waals surface area (Å²) in [5, 5.41) is 0. The summed E-state index contributed by atoms with van der Waals surface area (Å²) >= 11 is 0. The molecule has 0 radical (unpaired) electrons. The Morgan fingerprint density at radius 3 is 1.85 bits per heavy atom. The molecule has 3 heteroatoms. The van der Waals surface area contributed by atoms with Gasteiger partial charge < -0.3 is 4.90 Å². The van der Waals surface area contributed by atoms with E-state index in [-0.39, 0.29) is 17.7 Å². The predicted octanol–water partition coefficient (Wildman–Crippen LogP) is 4.54. The maximum Gasteiger partial charge on any atom is 0.139 e. The number of hydrogen-bond donors (Lipinski definition) is 1. The van der Waals surface area contributed by atoms with Crippen molar-refractivity contribution in [3.63, 3.8) is 0 Å². The van der Waals surface area contributed by atoms with Gasteiger partial charge in [-0.25, -0.2) is 8.78 Å². The SMILES string of the molecule is CC1(C)C[C@H]2C[C@](C)(C[NH+]2C(c2ccc(F)cc2)c2ccc(F)cc2)C1. The largest absolute Gasteiger partial charge is 0.322 e. The van der Waals surface area contributed by atoms with E-state index in [1.54, 1.807) is 29.2 Å². The number of quaternary nitrogens is 1. The highest BCUT2D eigenvalue weighted by atomic mass is 19.1. The van der Waals surface area contributed by atoms with Gasteiger partial charge in [-0.15, -0.1) is 0 Å². The Hall–Kier alpha value is -1.74. The molecule has 138 valence electrons. The van der Waals surface area contributed by atoms with Gasteiger partial charge in [-0.2, -0.15) is 0 Å². The monoisotopic (exact) mass is 356 g/mol. The van der Waals surface area contributed by atoms with Gasteiger partial charge in [0.15, 0.2) is 0 Å². The van der Waals surface area contributed by atoms with Crippen molar-refractivity contribution in [2.45, 2.75) is 52.1 Å². The second kappa shape index (κ2) is 6.16. The van der Waals surface area contributed by atoms with Crippen LogP contribution in [0.1, 0.15) is 57.2 Å². The van der Waals surface area contributed by atoms with E-state index >= 15 is 0 Å². The van der Waals surface area contributed by atoms with Crippen LogP contribution in [0.4, 0.5) is 8.78 Å². The van der Waals surface area contributed by atoms with Crippen molar-refractivity contribution in [2.24, 2.45) is 10.8 Å². The normalized spacial score (nSPS) is 29.9. The van der Waals surface area contributed by atoms with Crippen LogP contribution in [0, 0.1) is 22.5 Å². The Bertz CT molecular complexity index is 735. The summed E-state index contributed by atoms with van der Waals surface area (Å²) in [6.45, 7) is 8.29. The van der Waals surface area contributed by atoms with Crippen LogP contribution in [0.5, 0.6) is 0 Å². The summed E-state index contributed by atoms with van der Waals surface area (Å²) in [4.78, 5) is 1.55. The highest BCUT2D eigenvalue weighted by molar-refractivity contribution is 5.30. The predicted molar refractivity (Wildman–Crippen MR) is 100.0 cm³/mol. The molecule has 0 spiro atoms.